The first-order valence-corrected chi connectivity index (χ1v) is 4.33. The Labute approximate surface area is 63.9 Å². The van der Waals surface area contributed by atoms with Crippen LogP contribution in [0.15, 0.2) is 12.7 Å². The minimum Gasteiger partial charge on any atom is -0.294 e. The van der Waals surface area contributed by atoms with E-state index in [4.69, 9.17) is 4.55 Å². The molecule has 3 nitrogen and oxygen atoms in total. The molecule has 0 aliphatic carbocycles. The second-order valence-electron chi connectivity index (χ2n) is 1.93. The van der Waals surface area contributed by atoms with Crippen LogP contribution in [0.4, 0.5) is 0 Å². The SMILES string of the molecule is C=CCCCCNS(=O)O. The van der Waals surface area contributed by atoms with Crippen LogP contribution in [0, 0.1) is 0 Å². The zero-order valence-corrected chi connectivity index (χ0v) is 6.69. The lowest BCUT2D eigenvalue weighted by Gasteiger charge is -1.96. The van der Waals surface area contributed by atoms with Crippen molar-refractivity contribution in [2.75, 3.05) is 6.54 Å². The minimum absolute atomic E-state index is 0.594. The van der Waals surface area contributed by atoms with Gasteiger partial charge in [-0.25, -0.2) is 8.93 Å². The number of hydrogen-bond acceptors (Lipinski definition) is 1. The second kappa shape index (κ2) is 6.92. The minimum atomic E-state index is -1.85. The predicted octanol–water partition coefficient (Wildman–Crippen LogP) is 1.07. The molecule has 0 amide bonds. The molecule has 0 bridgehead atoms. The first kappa shape index (κ1) is 9.81. The summed E-state index contributed by atoms with van der Waals surface area (Å²) in [6, 6.07) is 0. The Morgan fingerprint density at radius 3 is 2.80 bits per heavy atom. The van der Waals surface area contributed by atoms with E-state index in [-0.39, 0.29) is 0 Å². The largest absolute Gasteiger partial charge is 0.294 e. The van der Waals surface area contributed by atoms with Gasteiger partial charge in [0, 0.05) is 6.54 Å². The number of allylic oxidation sites excluding steroid dienone is 1. The summed E-state index contributed by atoms with van der Waals surface area (Å²) in [5.74, 6) is 0. The molecule has 0 aliphatic heterocycles. The lowest BCUT2D eigenvalue weighted by Crippen LogP contribution is -2.17. The van der Waals surface area contributed by atoms with Crippen molar-refractivity contribution in [1.29, 1.82) is 0 Å². The van der Waals surface area contributed by atoms with Crippen molar-refractivity contribution in [2.24, 2.45) is 0 Å². The highest BCUT2D eigenvalue weighted by molar-refractivity contribution is 7.77. The summed E-state index contributed by atoms with van der Waals surface area (Å²) in [7, 11) is 0. The Morgan fingerprint density at radius 1 is 1.60 bits per heavy atom. The lowest BCUT2D eigenvalue weighted by atomic mass is 10.2. The van der Waals surface area contributed by atoms with E-state index in [1.807, 2.05) is 6.08 Å². The fourth-order valence-electron chi connectivity index (χ4n) is 0.573. The summed E-state index contributed by atoms with van der Waals surface area (Å²) in [5.41, 5.74) is 0. The van der Waals surface area contributed by atoms with Crippen LogP contribution in [0.3, 0.4) is 0 Å². The molecule has 0 spiro atoms. The number of hydrogen-bond donors (Lipinski definition) is 2. The summed E-state index contributed by atoms with van der Waals surface area (Å²) in [4.78, 5) is 0. The van der Waals surface area contributed by atoms with E-state index >= 15 is 0 Å². The van der Waals surface area contributed by atoms with Crippen LogP contribution >= 0.6 is 0 Å². The fraction of sp³-hybridized carbons (Fsp3) is 0.667. The molecule has 1 unspecified atom stereocenters. The average Bonchev–Trinajstić information content (AvgIpc) is 1.87. The molecule has 0 fully saturated rings. The van der Waals surface area contributed by atoms with Gasteiger partial charge in [0.25, 0.3) is 0 Å². The molecule has 60 valence electrons. The smallest absolute Gasteiger partial charge is 0.231 e. The number of rotatable bonds is 6. The molecule has 0 radical (unpaired) electrons. The molecule has 0 aromatic rings. The first-order valence-electron chi connectivity index (χ1n) is 3.22. The van der Waals surface area contributed by atoms with E-state index in [2.05, 4.69) is 11.3 Å². The predicted molar refractivity (Wildman–Crippen MR) is 42.8 cm³/mol. The molecule has 0 rings (SSSR count). The van der Waals surface area contributed by atoms with Gasteiger partial charge >= 0.3 is 0 Å². The van der Waals surface area contributed by atoms with Gasteiger partial charge in [-0.3, -0.25) is 4.55 Å². The van der Waals surface area contributed by atoms with Crippen molar-refractivity contribution in [3.63, 3.8) is 0 Å². The van der Waals surface area contributed by atoms with Gasteiger partial charge in [-0.05, 0) is 19.3 Å². The van der Waals surface area contributed by atoms with Gasteiger partial charge in [0.1, 0.15) is 0 Å². The van der Waals surface area contributed by atoms with E-state index in [1.54, 1.807) is 0 Å². The maximum absolute atomic E-state index is 10.0. The molecule has 0 aliphatic rings. The zero-order chi connectivity index (χ0) is 7.82. The van der Waals surface area contributed by atoms with Crippen LogP contribution in [-0.4, -0.2) is 15.3 Å². The molecule has 0 aromatic heterocycles. The van der Waals surface area contributed by atoms with E-state index in [1.165, 1.54) is 0 Å². The Hall–Kier alpha value is -0.190. The second-order valence-corrected chi connectivity index (χ2v) is 2.71. The van der Waals surface area contributed by atoms with Gasteiger partial charge in [-0.15, -0.1) is 6.58 Å². The van der Waals surface area contributed by atoms with Crippen LogP contribution < -0.4 is 4.72 Å². The van der Waals surface area contributed by atoms with Crippen molar-refractivity contribution < 1.29 is 8.76 Å². The van der Waals surface area contributed by atoms with Crippen LogP contribution in [0.25, 0.3) is 0 Å². The lowest BCUT2D eigenvalue weighted by molar-refractivity contribution is 0.545. The fourth-order valence-corrected chi connectivity index (χ4v) is 0.892. The van der Waals surface area contributed by atoms with E-state index in [0.29, 0.717) is 6.54 Å². The van der Waals surface area contributed by atoms with Crippen LogP contribution in [0.2, 0.25) is 0 Å². The Kier molecular flexibility index (Phi) is 6.79. The van der Waals surface area contributed by atoms with E-state index < -0.39 is 11.3 Å². The summed E-state index contributed by atoms with van der Waals surface area (Å²) in [6.07, 6.45) is 4.75. The molecule has 1 atom stereocenters. The topological polar surface area (TPSA) is 49.3 Å². The molecule has 2 N–H and O–H groups in total. The van der Waals surface area contributed by atoms with Gasteiger partial charge in [-0.1, -0.05) is 6.08 Å². The van der Waals surface area contributed by atoms with Gasteiger partial charge in [0.2, 0.25) is 11.3 Å². The Morgan fingerprint density at radius 2 is 2.30 bits per heavy atom. The van der Waals surface area contributed by atoms with Crippen molar-refractivity contribution in [1.82, 2.24) is 4.72 Å². The molecular weight excluding hydrogens is 150 g/mol. The molecule has 0 saturated heterocycles. The van der Waals surface area contributed by atoms with Crippen molar-refractivity contribution in [3.05, 3.63) is 12.7 Å². The van der Waals surface area contributed by atoms with Gasteiger partial charge in [-0.2, -0.15) is 0 Å². The summed E-state index contributed by atoms with van der Waals surface area (Å²) >= 11 is -1.85. The summed E-state index contributed by atoms with van der Waals surface area (Å²) in [6.45, 7) is 4.16. The van der Waals surface area contributed by atoms with Crippen molar-refractivity contribution in [2.45, 2.75) is 19.3 Å². The van der Waals surface area contributed by atoms with Crippen molar-refractivity contribution in [3.8, 4) is 0 Å². The molecule has 4 heteroatoms. The van der Waals surface area contributed by atoms with Crippen molar-refractivity contribution >= 4 is 11.3 Å². The first-order chi connectivity index (χ1) is 4.77. The Bertz CT molecular complexity index is 116. The zero-order valence-electron chi connectivity index (χ0n) is 5.88. The third-order valence-corrected chi connectivity index (χ3v) is 1.51. The van der Waals surface area contributed by atoms with E-state index in [0.717, 1.165) is 19.3 Å². The van der Waals surface area contributed by atoms with Gasteiger partial charge in [0.05, 0.1) is 0 Å². The Balaban J connectivity index is 2.90. The quantitative estimate of drug-likeness (QED) is 0.349. The highest BCUT2D eigenvalue weighted by atomic mass is 32.2. The third-order valence-electron chi connectivity index (χ3n) is 1.06. The van der Waals surface area contributed by atoms with Gasteiger partial charge in [0.15, 0.2) is 0 Å². The number of nitrogens with one attached hydrogen (secondary N) is 1. The van der Waals surface area contributed by atoms with E-state index in [9.17, 15) is 4.21 Å². The van der Waals surface area contributed by atoms with Crippen LogP contribution in [0.5, 0.6) is 0 Å². The van der Waals surface area contributed by atoms with Crippen LogP contribution in [0.1, 0.15) is 19.3 Å². The molecule has 0 saturated carbocycles. The standard InChI is InChI=1S/C6H13NO2S/c1-2-3-4-5-6-7-10(8)9/h2,7H,1,3-6H2,(H,8,9). The molecule has 0 heterocycles. The van der Waals surface area contributed by atoms with Gasteiger partial charge < -0.3 is 0 Å². The third kappa shape index (κ3) is 7.81. The molecule has 10 heavy (non-hydrogen) atoms. The summed E-state index contributed by atoms with van der Waals surface area (Å²) < 4.78 is 20.7. The molecular formula is C6H13NO2S. The average molecular weight is 163 g/mol. The monoisotopic (exact) mass is 163 g/mol. The maximum Gasteiger partial charge on any atom is 0.231 e. The normalized spacial score (nSPS) is 12.9. The maximum atomic E-state index is 10.0. The highest BCUT2D eigenvalue weighted by Gasteiger charge is 1.89. The highest BCUT2D eigenvalue weighted by Crippen LogP contribution is 1.93. The van der Waals surface area contributed by atoms with Crippen LogP contribution in [-0.2, 0) is 11.3 Å². The number of unbranched alkanes of at least 4 members (excludes halogenated alkanes) is 2. The molecule has 0 aromatic carbocycles. The summed E-state index contributed by atoms with van der Waals surface area (Å²) in [5, 5.41) is 0.